The predicted octanol–water partition coefficient (Wildman–Crippen LogP) is 3.07. The second kappa shape index (κ2) is 3.36. The van der Waals surface area contributed by atoms with Crippen molar-refractivity contribution in [3.8, 4) is 0 Å². The lowest BCUT2D eigenvalue weighted by molar-refractivity contribution is 0.264. The fraction of sp³-hybridized carbons (Fsp3) is 0.0909. The summed E-state index contributed by atoms with van der Waals surface area (Å²) in [6.07, 6.45) is 0. The molecule has 0 fully saturated rings. The number of halogens is 1. The van der Waals surface area contributed by atoms with Gasteiger partial charge in [-0.2, -0.15) is 0 Å². The molecule has 2 rings (SSSR count). The first kappa shape index (κ1) is 8.54. The summed E-state index contributed by atoms with van der Waals surface area (Å²) in [6.45, 7) is 0. The molecule has 0 saturated carbocycles. The molecule has 0 radical (unpaired) electrons. The molecule has 0 aromatic heterocycles. The maximum atomic E-state index is 9.29. The number of benzene rings is 2. The summed E-state index contributed by atoms with van der Waals surface area (Å²) in [5, 5.41) is 11.4. The van der Waals surface area contributed by atoms with E-state index in [-0.39, 0.29) is 0 Å². The number of hydrogen-bond acceptors (Lipinski definition) is 1. The molecule has 0 aliphatic rings. The van der Waals surface area contributed by atoms with E-state index in [2.05, 4.69) is 0 Å². The zero-order chi connectivity index (χ0) is 9.26. The van der Waals surface area contributed by atoms with Crippen LogP contribution < -0.4 is 0 Å². The first-order chi connectivity index (χ1) is 6.29. The maximum absolute atomic E-state index is 9.29. The average Bonchev–Trinajstić information content (AvgIpc) is 2.17. The van der Waals surface area contributed by atoms with Gasteiger partial charge in [0.2, 0.25) is 0 Å². The van der Waals surface area contributed by atoms with Crippen molar-refractivity contribution in [2.75, 3.05) is 0 Å². The minimum atomic E-state index is -0.925. The summed E-state index contributed by atoms with van der Waals surface area (Å²) >= 11 is 5.64. The van der Waals surface area contributed by atoms with Gasteiger partial charge in [0.1, 0.15) is 0 Å². The van der Waals surface area contributed by atoms with Gasteiger partial charge in [-0.25, -0.2) is 0 Å². The molecule has 1 nitrogen and oxygen atoms in total. The second-order valence-electron chi connectivity index (χ2n) is 2.90. The van der Waals surface area contributed by atoms with Gasteiger partial charge in [0, 0.05) is 5.56 Å². The second-order valence-corrected chi connectivity index (χ2v) is 3.32. The van der Waals surface area contributed by atoms with Crippen molar-refractivity contribution < 1.29 is 5.11 Å². The van der Waals surface area contributed by atoms with E-state index >= 15 is 0 Å². The van der Waals surface area contributed by atoms with E-state index in [0.29, 0.717) is 0 Å². The number of hydrogen-bond donors (Lipinski definition) is 1. The highest BCUT2D eigenvalue weighted by molar-refractivity contribution is 6.20. The van der Waals surface area contributed by atoms with Crippen LogP contribution in [0.3, 0.4) is 0 Å². The van der Waals surface area contributed by atoms with Gasteiger partial charge in [0.15, 0.2) is 5.56 Å². The fourth-order valence-corrected chi connectivity index (χ4v) is 1.65. The van der Waals surface area contributed by atoms with E-state index in [9.17, 15) is 5.11 Å². The van der Waals surface area contributed by atoms with Gasteiger partial charge in [-0.1, -0.05) is 54.1 Å². The topological polar surface area (TPSA) is 20.2 Å². The Morgan fingerprint density at radius 3 is 2.46 bits per heavy atom. The molecule has 2 aromatic carbocycles. The Morgan fingerprint density at radius 2 is 1.69 bits per heavy atom. The molecule has 2 aromatic rings. The van der Waals surface area contributed by atoms with Crippen molar-refractivity contribution in [1.29, 1.82) is 0 Å². The Labute approximate surface area is 81.6 Å². The molecular formula is C11H9ClO. The third kappa shape index (κ3) is 1.53. The minimum Gasteiger partial charge on any atom is -0.373 e. The molecule has 0 aliphatic heterocycles. The van der Waals surface area contributed by atoms with Crippen molar-refractivity contribution in [2.45, 2.75) is 5.56 Å². The Morgan fingerprint density at radius 1 is 1.00 bits per heavy atom. The Kier molecular flexibility index (Phi) is 2.21. The lowest BCUT2D eigenvalue weighted by Gasteiger charge is -2.06. The monoisotopic (exact) mass is 192 g/mol. The standard InChI is InChI=1S/C11H9ClO/c12-11(13)10-7-3-5-8-4-1-2-6-9(8)10/h1-7,11,13H. The summed E-state index contributed by atoms with van der Waals surface area (Å²) < 4.78 is 0. The van der Waals surface area contributed by atoms with Gasteiger partial charge in [0.05, 0.1) is 0 Å². The SMILES string of the molecule is OC(Cl)c1cccc2ccccc12. The molecule has 0 spiro atoms. The van der Waals surface area contributed by atoms with Crippen LogP contribution in [0.25, 0.3) is 10.8 Å². The van der Waals surface area contributed by atoms with E-state index in [1.54, 1.807) is 0 Å². The highest BCUT2D eigenvalue weighted by Crippen LogP contribution is 2.25. The summed E-state index contributed by atoms with van der Waals surface area (Å²) in [5.41, 5.74) is -0.161. The van der Waals surface area contributed by atoms with Crippen LogP contribution >= 0.6 is 11.6 Å². The van der Waals surface area contributed by atoms with E-state index in [0.717, 1.165) is 16.3 Å². The Balaban J connectivity index is 2.76. The van der Waals surface area contributed by atoms with Crippen molar-refractivity contribution in [3.63, 3.8) is 0 Å². The first-order valence-electron chi connectivity index (χ1n) is 4.09. The number of fused-ring (bicyclic) bond motifs is 1. The zero-order valence-corrected chi connectivity index (χ0v) is 7.70. The number of rotatable bonds is 1. The van der Waals surface area contributed by atoms with Gasteiger partial charge < -0.3 is 5.11 Å². The fourth-order valence-electron chi connectivity index (χ4n) is 1.46. The lowest BCUT2D eigenvalue weighted by Crippen LogP contribution is -1.88. The molecular weight excluding hydrogens is 184 g/mol. The van der Waals surface area contributed by atoms with Crippen LogP contribution in [0.4, 0.5) is 0 Å². The normalized spacial score (nSPS) is 13.1. The smallest absolute Gasteiger partial charge is 0.154 e. The molecule has 66 valence electrons. The summed E-state index contributed by atoms with van der Waals surface area (Å²) in [7, 11) is 0. The number of aliphatic hydroxyl groups excluding tert-OH is 1. The molecule has 0 amide bonds. The van der Waals surface area contributed by atoms with Gasteiger partial charge >= 0.3 is 0 Å². The molecule has 13 heavy (non-hydrogen) atoms. The Bertz CT molecular complexity index is 418. The molecule has 2 heteroatoms. The molecule has 1 unspecified atom stereocenters. The Hall–Kier alpha value is -1.05. The number of aliphatic hydroxyl groups is 1. The van der Waals surface area contributed by atoms with Crippen LogP contribution in [-0.4, -0.2) is 5.11 Å². The van der Waals surface area contributed by atoms with Crippen LogP contribution in [0.15, 0.2) is 42.5 Å². The lowest BCUT2D eigenvalue weighted by atomic mass is 10.1. The van der Waals surface area contributed by atoms with Crippen molar-refractivity contribution in [1.82, 2.24) is 0 Å². The molecule has 1 atom stereocenters. The van der Waals surface area contributed by atoms with Crippen LogP contribution in [0, 0.1) is 0 Å². The average molecular weight is 193 g/mol. The molecule has 0 bridgehead atoms. The quantitative estimate of drug-likeness (QED) is 0.689. The molecule has 0 saturated heterocycles. The minimum absolute atomic E-state index is 0.764. The van der Waals surface area contributed by atoms with Crippen LogP contribution in [0.2, 0.25) is 0 Å². The van der Waals surface area contributed by atoms with E-state index in [1.165, 1.54) is 0 Å². The molecule has 0 heterocycles. The van der Waals surface area contributed by atoms with E-state index in [1.807, 2.05) is 42.5 Å². The largest absolute Gasteiger partial charge is 0.373 e. The van der Waals surface area contributed by atoms with Gasteiger partial charge in [-0.15, -0.1) is 0 Å². The number of alkyl halides is 1. The van der Waals surface area contributed by atoms with E-state index in [4.69, 9.17) is 11.6 Å². The molecule has 1 N–H and O–H groups in total. The summed E-state index contributed by atoms with van der Waals surface area (Å²) in [6, 6.07) is 13.6. The third-order valence-corrected chi connectivity index (χ3v) is 2.32. The van der Waals surface area contributed by atoms with Crippen LogP contribution in [-0.2, 0) is 0 Å². The first-order valence-corrected chi connectivity index (χ1v) is 4.52. The predicted molar refractivity (Wildman–Crippen MR) is 54.8 cm³/mol. The third-order valence-electron chi connectivity index (χ3n) is 2.08. The van der Waals surface area contributed by atoms with Crippen LogP contribution in [0.1, 0.15) is 11.1 Å². The summed E-state index contributed by atoms with van der Waals surface area (Å²) in [4.78, 5) is 0. The van der Waals surface area contributed by atoms with Gasteiger partial charge in [-0.3, -0.25) is 0 Å². The van der Waals surface area contributed by atoms with Gasteiger partial charge in [-0.05, 0) is 10.8 Å². The highest BCUT2D eigenvalue weighted by Gasteiger charge is 2.05. The zero-order valence-electron chi connectivity index (χ0n) is 6.94. The molecule has 0 aliphatic carbocycles. The van der Waals surface area contributed by atoms with Crippen LogP contribution in [0.5, 0.6) is 0 Å². The van der Waals surface area contributed by atoms with Crippen molar-refractivity contribution >= 4 is 22.4 Å². The maximum Gasteiger partial charge on any atom is 0.154 e. The van der Waals surface area contributed by atoms with Gasteiger partial charge in [0.25, 0.3) is 0 Å². The van der Waals surface area contributed by atoms with Crippen molar-refractivity contribution in [2.24, 2.45) is 0 Å². The summed E-state index contributed by atoms with van der Waals surface area (Å²) in [5.74, 6) is 0. The highest BCUT2D eigenvalue weighted by atomic mass is 35.5. The van der Waals surface area contributed by atoms with Crippen molar-refractivity contribution in [3.05, 3.63) is 48.0 Å². The van der Waals surface area contributed by atoms with E-state index < -0.39 is 5.56 Å².